The smallest absolute Gasteiger partial charge is 0.410 e. The molecular weight excluding hydrogens is 242 g/mol. The first-order valence-electron chi connectivity index (χ1n) is 5.31. The maximum absolute atomic E-state index is 11.7. The third-order valence-electron chi connectivity index (χ3n) is 2.07. The van der Waals surface area contributed by atoms with E-state index in [1.165, 1.54) is 0 Å². The summed E-state index contributed by atoms with van der Waals surface area (Å²) in [5.74, 6) is 0. The maximum Gasteiger partial charge on any atom is 0.410 e. The lowest BCUT2D eigenvalue weighted by atomic mass is 10.4. The topological polar surface area (TPSA) is 59.0 Å². The van der Waals surface area contributed by atoms with Crippen LogP contribution in [0.2, 0.25) is 0 Å². The van der Waals surface area contributed by atoms with Gasteiger partial charge in [-0.15, -0.1) is 11.3 Å². The summed E-state index contributed by atoms with van der Waals surface area (Å²) in [5.41, 5.74) is 0. The van der Waals surface area contributed by atoms with Crippen LogP contribution in [0.4, 0.5) is 4.79 Å². The van der Waals surface area contributed by atoms with Crippen LogP contribution in [0.1, 0.15) is 4.88 Å². The van der Waals surface area contributed by atoms with Crippen molar-refractivity contribution in [1.82, 2.24) is 4.90 Å². The highest BCUT2D eigenvalue weighted by Gasteiger charge is 2.15. The van der Waals surface area contributed by atoms with E-state index in [0.29, 0.717) is 19.7 Å². The Kier molecular flexibility index (Phi) is 6.61. The Labute approximate surface area is 105 Å². The molecule has 0 saturated carbocycles. The van der Waals surface area contributed by atoms with Crippen LogP contribution in [0.25, 0.3) is 0 Å². The van der Waals surface area contributed by atoms with Crippen LogP contribution in [0.3, 0.4) is 0 Å². The van der Waals surface area contributed by atoms with Gasteiger partial charge >= 0.3 is 6.09 Å². The van der Waals surface area contributed by atoms with E-state index in [-0.39, 0.29) is 13.2 Å². The first kappa shape index (κ1) is 14.0. The number of carbonyl (C=O) groups excluding carboxylic acids is 1. The summed E-state index contributed by atoms with van der Waals surface area (Å²) in [6.45, 7) is 1.29. The van der Waals surface area contributed by atoms with E-state index >= 15 is 0 Å². The Balaban J connectivity index is 2.50. The second-order valence-electron chi connectivity index (χ2n) is 3.33. The molecule has 5 nitrogen and oxygen atoms in total. The van der Waals surface area contributed by atoms with Crippen molar-refractivity contribution in [3.63, 3.8) is 0 Å². The molecule has 1 amide bonds. The molecule has 0 aliphatic heterocycles. The second kappa shape index (κ2) is 8.05. The zero-order chi connectivity index (χ0) is 12.5. The predicted molar refractivity (Wildman–Crippen MR) is 65.0 cm³/mol. The molecule has 0 unspecified atom stereocenters. The molecule has 0 aliphatic rings. The van der Waals surface area contributed by atoms with Gasteiger partial charge in [-0.05, 0) is 11.4 Å². The molecule has 1 aromatic heterocycles. The predicted octanol–water partition coefficient (Wildman–Crippen LogP) is 1.33. The van der Waals surface area contributed by atoms with Crippen molar-refractivity contribution in [1.29, 1.82) is 0 Å². The van der Waals surface area contributed by atoms with Crippen LogP contribution in [-0.4, -0.2) is 49.6 Å². The number of hydrogen-bond acceptors (Lipinski definition) is 5. The zero-order valence-electron chi connectivity index (χ0n) is 9.80. The largest absolute Gasteiger partial charge is 0.447 e. The molecule has 1 N–H and O–H groups in total. The number of aliphatic hydroxyl groups is 1. The van der Waals surface area contributed by atoms with Gasteiger partial charge in [-0.25, -0.2) is 4.79 Å². The normalized spacial score (nSPS) is 10.2. The SMILES string of the molecule is COCCN(Cc1cccs1)C(=O)OCCO. The minimum atomic E-state index is -0.426. The number of aliphatic hydroxyl groups excluding tert-OH is 1. The number of thiophene rings is 1. The molecular formula is C11H17NO4S. The van der Waals surface area contributed by atoms with E-state index in [2.05, 4.69) is 0 Å². The summed E-state index contributed by atoms with van der Waals surface area (Å²) >= 11 is 1.59. The summed E-state index contributed by atoms with van der Waals surface area (Å²) in [7, 11) is 1.59. The summed E-state index contributed by atoms with van der Waals surface area (Å²) in [6.07, 6.45) is -0.426. The lowest BCUT2D eigenvalue weighted by molar-refractivity contribution is 0.0715. The van der Waals surface area contributed by atoms with Gasteiger partial charge in [0.05, 0.1) is 19.8 Å². The molecule has 1 heterocycles. The Morgan fingerprint density at radius 2 is 2.35 bits per heavy atom. The summed E-state index contributed by atoms with van der Waals surface area (Å²) < 4.78 is 9.84. The summed E-state index contributed by atoms with van der Waals surface area (Å²) in [6, 6.07) is 3.90. The average Bonchev–Trinajstić information content (AvgIpc) is 2.84. The zero-order valence-corrected chi connectivity index (χ0v) is 10.6. The number of carbonyl (C=O) groups is 1. The number of ether oxygens (including phenoxy) is 2. The van der Waals surface area contributed by atoms with Gasteiger partial charge in [0.25, 0.3) is 0 Å². The van der Waals surface area contributed by atoms with E-state index in [1.54, 1.807) is 23.3 Å². The van der Waals surface area contributed by atoms with Crippen molar-refractivity contribution in [2.45, 2.75) is 6.54 Å². The molecule has 0 atom stereocenters. The highest BCUT2D eigenvalue weighted by atomic mass is 32.1. The lowest BCUT2D eigenvalue weighted by Gasteiger charge is -2.20. The Morgan fingerprint density at radius 3 is 2.94 bits per heavy atom. The van der Waals surface area contributed by atoms with E-state index in [1.807, 2.05) is 17.5 Å². The molecule has 0 aromatic carbocycles. The van der Waals surface area contributed by atoms with Crippen LogP contribution in [-0.2, 0) is 16.0 Å². The third-order valence-corrected chi connectivity index (χ3v) is 2.93. The van der Waals surface area contributed by atoms with Crippen molar-refractivity contribution in [3.05, 3.63) is 22.4 Å². The second-order valence-corrected chi connectivity index (χ2v) is 4.36. The van der Waals surface area contributed by atoms with E-state index < -0.39 is 6.09 Å². The van der Waals surface area contributed by atoms with Crippen LogP contribution >= 0.6 is 11.3 Å². The average molecular weight is 259 g/mol. The number of hydrogen-bond donors (Lipinski definition) is 1. The van der Waals surface area contributed by atoms with Crippen molar-refractivity contribution in [2.24, 2.45) is 0 Å². The molecule has 1 aromatic rings. The van der Waals surface area contributed by atoms with Gasteiger partial charge in [0.1, 0.15) is 6.61 Å². The molecule has 0 bridgehead atoms. The van der Waals surface area contributed by atoms with E-state index in [9.17, 15) is 4.79 Å². The van der Waals surface area contributed by atoms with Gasteiger partial charge in [0.2, 0.25) is 0 Å². The Morgan fingerprint density at radius 1 is 1.53 bits per heavy atom. The minimum absolute atomic E-state index is 0.0206. The number of rotatable bonds is 7. The number of nitrogens with zero attached hydrogens (tertiary/aromatic N) is 1. The van der Waals surface area contributed by atoms with Crippen molar-refractivity contribution < 1.29 is 19.4 Å². The minimum Gasteiger partial charge on any atom is -0.447 e. The van der Waals surface area contributed by atoms with Gasteiger partial charge in [-0.3, -0.25) is 0 Å². The van der Waals surface area contributed by atoms with Crippen LogP contribution in [0.5, 0.6) is 0 Å². The monoisotopic (exact) mass is 259 g/mol. The quantitative estimate of drug-likeness (QED) is 0.802. The number of methoxy groups -OCH3 is 1. The first-order valence-corrected chi connectivity index (χ1v) is 6.19. The van der Waals surface area contributed by atoms with Gasteiger partial charge in [0, 0.05) is 18.5 Å². The van der Waals surface area contributed by atoms with Gasteiger partial charge in [-0.2, -0.15) is 0 Å². The summed E-state index contributed by atoms with van der Waals surface area (Å²) in [5, 5.41) is 10.6. The van der Waals surface area contributed by atoms with Crippen LogP contribution in [0, 0.1) is 0 Å². The molecule has 0 aliphatic carbocycles. The maximum atomic E-state index is 11.7. The van der Waals surface area contributed by atoms with Crippen LogP contribution in [0.15, 0.2) is 17.5 Å². The van der Waals surface area contributed by atoms with Gasteiger partial charge in [-0.1, -0.05) is 6.07 Å². The van der Waals surface area contributed by atoms with E-state index in [0.717, 1.165) is 4.88 Å². The fourth-order valence-electron chi connectivity index (χ4n) is 1.25. The highest BCUT2D eigenvalue weighted by Crippen LogP contribution is 2.12. The fraction of sp³-hybridized carbons (Fsp3) is 0.545. The fourth-order valence-corrected chi connectivity index (χ4v) is 1.97. The Bertz CT molecular complexity index is 315. The molecule has 17 heavy (non-hydrogen) atoms. The lowest BCUT2D eigenvalue weighted by Crippen LogP contribution is -2.34. The van der Waals surface area contributed by atoms with Crippen molar-refractivity contribution in [3.8, 4) is 0 Å². The van der Waals surface area contributed by atoms with E-state index in [4.69, 9.17) is 14.6 Å². The van der Waals surface area contributed by atoms with Crippen LogP contribution < -0.4 is 0 Å². The molecule has 0 spiro atoms. The van der Waals surface area contributed by atoms with Crippen molar-refractivity contribution >= 4 is 17.4 Å². The molecule has 0 radical (unpaired) electrons. The molecule has 1 rings (SSSR count). The Hall–Kier alpha value is -1.11. The molecule has 96 valence electrons. The third kappa shape index (κ3) is 5.16. The molecule has 6 heteroatoms. The molecule has 0 saturated heterocycles. The first-order chi connectivity index (χ1) is 8.27. The van der Waals surface area contributed by atoms with Gasteiger partial charge < -0.3 is 19.5 Å². The molecule has 0 fully saturated rings. The van der Waals surface area contributed by atoms with Gasteiger partial charge in [0.15, 0.2) is 0 Å². The number of amides is 1. The highest BCUT2D eigenvalue weighted by molar-refractivity contribution is 7.09. The van der Waals surface area contributed by atoms with Crippen molar-refractivity contribution in [2.75, 3.05) is 33.5 Å². The summed E-state index contributed by atoms with van der Waals surface area (Å²) in [4.78, 5) is 14.3. The standard InChI is InChI=1S/C11H17NO4S/c1-15-6-4-12(11(14)16-7-5-13)9-10-3-2-8-17-10/h2-3,8,13H,4-7,9H2,1H3.